The van der Waals surface area contributed by atoms with Crippen molar-refractivity contribution in [1.29, 1.82) is 0 Å². The van der Waals surface area contributed by atoms with E-state index >= 15 is 0 Å². The molecule has 1 aliphatic heterocycles. The molecule has 0 radical (unpaired) electrons. The first-order valence-electron chi connectivity index (χ1n) is 9.11. The predicted molar refractivity (Wildman–Crippen MR) is 99.6 cm³/mol. The summed E-state index contributed by atoms with van der Waals surface area (Å²) in [7, 11) is 0. The lowest BCUT2D eigenvalue weighted by Gasteiger charge is -2.13. The standard InChI is InChI=1S/C21H20F3NO4/c1-2-28-19(20(26)27)11-13-4-3-5-15(10-13)17-12-18(29-25-17)14-6-8-16(9-7-14)21(22,23)24/h3-10,18-19H,2,11-12H2,1H3,(H,26,27). The first-order chi connectivity index (χ1) is 13.8. The Bertz CT molecular complexity index is 894. The van der Waals surface area contributed by atoms with Crippen molar-refractivity contribution in [3.63, 3.8) is 0 Å². The van der Waals surface area contributed by atoms with Gasteiger partial charge in [-0.25, -0.2) is 4.79 Å². The van der Waals surface area contributed by atoms with E-state index < -0.39 is 29.9 Å². The average molecular weight is 407 g/mol. The summed E-state index contributed by atoms with van der Waals surface area (Å²) in [5, 5.41) is 13.3. The molecule has 0 fully saturated rings. The van der Waals surface area contributed by atoms with Crippen LogP contribution in [0.4, 0.5) is 13.2 Å². The number of aliphatic carboxylic acids is 1. The second kappa shape index (κ2) is 8.65. The Kier molecular flexibility index (Phi) is 6.22. The van der Waals surface area contributed by atoms with Gasteiger partial charge in [-0.15, -0.1) is 0 Å². The van der Waals surface area contributed by atoms with Gasteiger partial charge >= 0.3 is 12.1 Å². The van der Waals surface area contributed by atoms with E-state index in [-0.39, 0.29) is 6.42 Å². The summed E-state index contributed by atoms with van der Waals surface area (Å²) in [4.78, 5) is 16.7. The Morgan fingerprint density at radius 3 is 2.62 bits per heavy atom. The van der Waals surface area contributed by atoms with Gasteiger partial charge in [0.15, 0.2) is 12.2 Å². The summed E-state index contributed by atoms with van der Waals surface area (Å²) in [6, 6.07) is 12.1. The highest BCUT2D eigenvalue weighted by atomic mass is 19.4. The topological polar surface area (TPSA) is 68.1 Å². The van der Waals surface area contributed by atoms with E-state index in [1.165, 1.54) is 12.1 Å². The van der Waals surface area contributed by atoms with Gasteiger partial charge in [-0.2, -0.15) is 13.2 Å². The Morgan fingerprint density at radius 2 is 2.00 bits per heavy atom. The lowest BCUT2D eigenvalue weighted by molar-refractivity contribution is -0.150. The smallest absolute Gasteiger partial charge is 0.416 e. The van der Waals surface area contributed by atoms with Gasteiger partial charge in [0, 0.05) is 19.4 Å². The molecule has 154 valence electrons. The van der Waals surface area contributed by atoms with Gasteiger partial charge in [0.2, 0.25) is 0 Å². The van der Waals surface area contributed by atoms with Crippen LogP contribution in [0.1, 0.15) is 41.7 Å². The molecule has 8 heteroatoms. The monoisotopic (exact) mass is 407 g/mol. The number of benzene rings is 2. The van der Waals surface area contributed by atoms with Crippen LogP contribution in [0.15, 0.2) is 53.7 Å². The molecule has 0 saturated carbocycles. The van der Waals surface area contributed by atoms with Gasteiger partial charge < -0.3 is 14.7 Å². The number of oxime groups is 1. The van der Waals surface area contributed by atoms with Crippen molar-refractivity contribution in [3.05, 3.63) is 70.8 Å². The largest absolute Gasteiger partial charge is 0.479 e. The number of rotatable bonds is 7. The zero-order valence-corrected chi connectivity index (χ0v) is 15.6. The molecule has 2 aromatic rings. The Morgan fingerprint density at radius 1 is 1.28 bits per heavy atom. The third-order valence-corrected chi connectivity index (χ3v) is 4.60. The average Bonchev–Trinajstić information content (AvgIpc) is 3.17. The van der Waals surface area contributed by atoms with E-state index in [2.05, 4.69) is 5.16 Å². The third kappa shape index (κ3) is 5.14. The first kappa shape index (κ1) is 20.9. The number of hydrogen-bond acceptors (Lipinski definition) is 4. The molecule has 0 saturated heterocycles. The van der Waals surface area contributed by atoms with Crippen LogP contribution < -0.4 is 0 Å². The van der Waals surface area contributed by atoms with E-state index in [0.717, 1.165) is 23.3 Å². The SMILES string of the molecule is CCOC(Cc1cccc(C2=NOC(c3ccc(C(F)(F)F)cc3)C2)c1)C(=O)O. The summed E-state index contributed by atoms with van der Waals surface area (Å²) >= 11 is 0. The quantitative estimate of drug-likeness (QED) is 0.728. The summed E-state index contributed by atoms with van der Waals surface area (Å²) in [6.45, 7) is 2.03. The van der Waals surface area contributed by atoms with Crippen LogP contribution in [0.2, 0.25) is 0 Å². The van der Waals surface area contributed by atoms with Crippen molar-refractivity contribution in [2.75, 3.05) is 6.61 Å². The van der Waals surface area contributed by atoms with E-state index in [0.29, 0.717) is 24.3 Å². The first-order valence-corrected chi connectivity index (χ1v) is 9.11. The fourth-order valence-electron chi connectivity index (χ4n) is 3.12. The van der Waals surface area contributed by atoms with Gasteiger partial charge in [-0.05, 0) is 41.8 Å². The summed E-state index contributed by atoms with van der Waals surface area (Å²) in [5.41, 5.74) is 2.10. The number of halogens is 3. The number of alkyl halides is 3. The number of carboxylic acids is 1. The fourth-order valence-corrected chi connectivity index (χ4v) is 3.12. The van der Waals surface area contributed by atoms with Crippen molar-refractivity contribution in [3.8, 4) is 0 Å². The minimum Gasteiger partial charge on any atom is -0.479 e. The van der Waals surface area contributed by atoms with Crippen molar-refractivity contribution in [1.82, 2.24) is 0 Å². The maximum atomic E-state index is 12.7. The van der Waals surface area contributed by atoms with Crippen LogP contribution in [0.3, 0.4) is 0 Å². The van der Waals surface area contributed by atoms with Crippen LogP contribution >= 0.6 is 0 Å². The molecule has 0 aromatic heterocycles. The zero-order valence-electron chi connectivity index (χ0n) is 15.6. The maximum Gasteiger partial charge on any atom is 0.416 e. The van der Waals surface area contributed by atoms with Gasteiger partial charge in [-0.1, -0.05) is 35.5 Å². The van der Waals surface area contributed by atoms with Crippen molar-refractivity contribution >= 4 is 11.7 Å². The Hall–Kier alpha value is -2.87. The maximum absolute atomic E-state index is 12.7. The number of ether oxygens (including phenoxy) is 1. The van der Waals surface area contributed by atoms with Crippen LogP contribution in [-0.2, 0) is 27.0 Å². The lowest BCUT2D eigenvalue weighted by atomic mass is 9.97. The molecule has 29 heavy (non-hydrogen) atoms. The molecule has 0 amide bonds. The van der Waals surface area contributed by atoms with Crippen molar-refractivity contribution in [2.45, 2.75) is 38.1 Å². The van der Waals surface area contributed by atoms with E-state index in [1.807, 2.05) is 18.2 Å². The highest BCUT2D eigenvalue weighted by Gasteiger charge is 2.31. The second-order valence-electron chi connectivity index (χ2n) is 6.64. The molecule has 3 rings (SSSR count). The third-order valence-electron chi connectivity index (χ3n) is 4.60. The molecular weight excluding hydrogens is 387 g/mol. The van der Waals surface area contributed by atoms with Crippen LogP contribution in [0, 0.1) is 0 Å². The number of carboxylic acid groups (broad SMARTS) is 1. The normalized spacial score (nSPS) is 17.5. The van der Waals surface area contributed by atoms with Gasteiger partial charge in [0.1, 0.15) is 0 Å². The molecule has 2 unspecified atom stereocenters. The van der Waals surface area contributed by atoms with Crippen LogP contribution in [0.5, 0.6) is 0 Å². The molecule has 0 aliphatic carbocycles. The van der Waals surface area contributed by atoms with E-state index in [9.17, 15) is 23.1 Å². The molecule has 0 spiro atoms. The number of nitrogens with zero attached hydrogens (tertiary/aromatic N) is 1. The van der Waals surface area contributed by atoms with Gasteiger partial charge in [0.25, 0.3) is 0 Å². The van der Waals surface area contributed by atoms with E-state index in [1.54, 1.807) is 13.0 Å². The Labute approximate surface area is 165 Å². The highest BCUT2D eigenvalue weighted by Crippen LogP contribution is 2.33. The second-order valence-corrected chi connectivity index (χ2v) is 6.64. The molecule has 1 aliphatic rings. The molecule has 2 aromatic carbocycles. The predicted octanol–water partition coefficient (Wildman–Crippen LogP) is 4.60. The summed E-state index contributed by atoms with van der Waals surface area (Å²) in [6.07, 6.45) is -5.16. The molecule has 5 nitrogen and oxygen atoms in total. The lowest BCUT2D eigenvalue weighted by Crippen LogP contribution is -2.26. The molecule has 0 bridgehead atoms. The summed E-state index contributed by atoms with van der Waals surface area (Å²) in [5.74, 6) is -1.03. The minimum atomic E-state index is -4.38. The molecule has 1 heterocycles. The minimum absolute atomic E-state index is 0.216. The highest BCUT2D eigenvalue weighted by molar-refractivity contribution is 6.01. The molecule has 1 N–H and O–H groups in total. The van der Waals surface area contributed by atoms with Crippen LogP contribution in [-0.4, -0.2) is 29.5 Å². The van der Waals surface area contributed by atoms with Crippen molar-refractivity contribution < 1.29 is 32.6 Å². The zero-order chi connectivity index (χ0) is 21.0. The molecular formula is C21H20F3NO4. The van der Waals surface area contributed by atoms with Gasteiger partial charge in [-0.3, -0.25) is 0 Å². The number of hydrogen-bond donors (Lipinski definition) is 1. The fraction of sp³-hybridized carbons (Fsp3) is 0.333. The van der Waals surface area contributed by atoms with Crippen LogP contribution in [0.25, 0.3) is 0 Å². The Balaban J connectivity index is 1.69. The van der Waals surface area contributed by atoms with E-state index in [4.69, 9.17) is 9.57 Å². The number of carbonyl (C=O) groups is 1. The van der Waals surface area contributed by atoms with Gasteiger partial charge in [0.05, 0.1) is 11.3 Å². The van der Waals surface area contributed by atoms with Crippen molar-refractivity contribution in [2.24, 2.45) is 5.16 Å². The summed E-state index contributed by atoms with van der Waals surface area (Å²) < 4.78 is 43.4. The molecule has 2 atom stereocenters.